The first-order valence-corrected chi connectivity index (χ1v) is 6.09. The third kappa shape index (κ3) is 4.36. The molecular weight excluding hydrogens is 214 g/mol. The van der Waals surface area contributed by atoms with E-state index >= 15 is 0 Å². The van der Waals surface area contributed by atoms with Crippen molar-refractivity contribution in [1.82, 2.24) is 0 Å². The minimum Gasteiger partial charge on any atom is -0.389 e. The molecule has 0 bridgehead atoms. The van der Waals surface area contributed by atoms with Gasteiger partial charge in [-0.3, -0.25) is 0 Å². The van der Waals surface area contributed by atoms with E-state index in [0.29, 0.717) is 6.54 Å². The number of benzene rings is 1. The molecule has 0 radical (unpaired) electrons. The first-order chi connectivity index (χ1) is 7.83. The van der Waals surface area contributed by atoms with Gasteiger partial charge in [0.15, 0.2) is 0 Å². The Labute approximate surface area is 104 Å². The van der Waals surface area contributed by atoms with Crippen molar-refractivity contribution in [1.29, 1.82) is 0 Å². The van der Waals surface area contributed by atoms with Gasteiger partial charge in [0, 0.05) is 18.8 Å². The molecule has 1 aromatic rings. The summed E-state index contributed by atoms with van der Waals surface area (Å²) in [5, 5.41) is 19.3. The van der Waals surface area contributed by atoms with Crippen LogP contribution in [0.15, 0.2) is 24.3 Å². The zero-order valence-electron chi connectivity index (χ0n) is 11.1. The zero-order chi connectivity index (χ0) is 13.1. The summed E-state index contributed by atoms with van der Waals surface area (Å²) in [4.78, 5) is 2.12. The van der Waals surface area contributed by atoms with E-state index in [4.69, 9.17) is 0 Å². The monoisotopic (exact) mass is 237 g/mol. The summed E-state index contributed by atoms with van der Waals surface area (Å²) in [6, 6.07) is 7.81. The van der Waals surface area contributed by atoms with Gasteiger partial charge in [0.25, 0.3) is 0 Å². The van der Waals surface area contributed by atoms with E-state index in [9.17, 15) is 10.2 Å². The van der Waals surface area contributed by atoms with E-state index in [1.807, 2.05) is 24.3 Å². The quantitative estimate of drug-likeness (QED) is 0.826. The first-order valence-electron chi connectivity index (χ1n) is 6.09. The number of hydrogen-bond donors (Lipinski definition) is 2. The molecule has 17 heavy (non-hydrogen) atoms. The van der Waals surface area contributed by atoms with Crippen LogP contribution >= 0.6 is 0 Å². The van der Waals surface area contributed by atoms with E-state index in [-0.39, 0.29) is 0 Å². The maximum Gasteiger partial charge on any atom is 0.0765 e. The summed E-state index contributed by atoms with van der Waals surface area (Å²) >= 11 is 0. The Hall–Kier alpha value is -1.06. The Morgan fingerprint density at radius 1 is 1.24 bits per heavy atom. The number of anilines is 1. The Bertz CT molecular complexity index is 338. The molecule has 0 fully saturated rings. The van der Waals surface area contributed by atoms with Crippen LogP contribution in [0.25, 0.3) is 0 Å². The van der Waals surface area contributed by atoms with Gasteiger partial charge in [-0.2, -0.15) is 0 Å². The van der Waals surface area contributed by atoms with Crippen LogP contribution in [0, 0.1) is 0 Å². The average molecular weight is 237 g/mol. The third-order valence-corrected chi connectivity index (χ3v) is 2.70. The zero-order valence-corrected chi connectivity index (χ0v) is 11.1. The summed E-state index contributed by atoms with van der Waals surface area (Å²) in [5.41, 5.74) is 1.27. The van der Waals surface area contributed by atoms with E-state index in [2.05, 4.69) is 11.8 Å². The van der Waals surface area contributed by atoms with Crippen molar-refractivity contribution in [3.8, 4) is 0 Å². The molecule has 0 saturated carbocycles. The van der Waals surface area contributed by atoms with E-state index in [1.54, 1.807) is 20.8 Å². The van der Waals surface area contributed by atoms with Crippen LogP contribution in [0.4, 0.5) is 5.69 Å². The molecule has 0 aliphatic heterocycles. The second-order valence-electron chi connectivity index (χ2n) is 5.09. The maximum absolute atomic E-state index is 9.84. The van der Waals surface area contributed by atoms with Gasteiger partial charge in [-0.1, -0.05) is 12.1 Å². The van der Waals surface area contributed by atoms with Crippen molar-refractivity contribution >= 4 is 5.69 Å². The Morgan fingerprint density at radius 3 is 2.12 bits per heavy atom. The van der Waals surface area contributed by atoms with Crippen molar-refractivity contribution < 1.29 is 10.2 Å². The SMILES string of the molecule is CCN(CC(C)(C)O)c1ccc(C(C)O)cc1. The number of aliphatic hydroxyl groups excluding tert-OH is 1. The molecule has 0 aliphatic carbocycles. The van der Waals surface area contributed by atoms with Gasteiger partial charge < -0.3 is 15.1 Å². The molecule has 1 aromatic carbocycles. The molecule has 0 spiro atoms. The molecule has 0 aromatic heterocycles. The van der Waals surface area contributed by atoms with Gasteiger partial charge >= 0.3 is 0 Å². The largest absolute Gasteiger partial charge is 0.389 e. The number of likely N-dealkylation sites (N-methyl/N-ethyl adjacent to an activating group) is 1. The van der Waals surface area contributed by atoms with Gasteiger partial charge in [0.2, 0.25) is 0 Å². The maximum atomic E-state index is 9.84. The highest BCUT2D eigenvalue weighted by molar-refractivity contribution is 5.48. The summed E-state index contributed by atoms with van der Waals surface area (Å²) in [6.45, 7) is 8.87. The van der Waals surface area contributed by atoms with E-state index in [0.717, 1.165) is 17.8 Å². The lowest BCUT2D eigenvalue weighted by atomic mass is 10.1. The fourth-order valence-electron chi connectivity index (χ4n) is 1.82. The van der Waals surface area contributed by atoms with Crippen molar-refractivity contribution in [3.63, 3.8) is 0 Å². The van der Waals surface area contributed by atoms with Crippen LogP contribution in [-0.4, -0.2) is 28.9 Å². The third-order valence-electron chi connectivity index (χ3n) is 2.70. The molecule has 0 saturated heterocycles. The fraction of sp³-hybridized carbons (Fsp3) is 0.571. The van der Waals surface area contributed by atoms with E-state index in [1.165, 1.54) is 0 Å². The second-order valence-corrected chi connectivity index (χ2v) is 5.09. The first kappa shape index (κ1) is 14.0. The fourth-order valence-corrected chi connectivity index (χ4v) is 1.82. The number of nitrogens with zero attached hydrogens (tertiary/aromatic N) is 1. The molecule has 0 heterocycles. The molecule has 1 unspecified atom stereocenters. The Kier molecular flexibility index (Phi) is 4.54. The van der Waals surface area contributed by atoms with Crippen LogP contribution in [0.5, 0.6) is 0 Å². The van der Waals surface area contributed by atoms with Gasteiger partial charge in [0.1, 0.15) is 0 Å². The lowest BCUT2D eigenvalue weighted by Gasteiger charge is -2.30. The standard InChI is InChI=1S/C14H23NO2/c1-5-15(10-14(3,4)17)13-8-6-12(7-9-13)11(2)16/h6-9,11,16-17H,5,10H2,1-4H3. The number of aliphatic hydroxyl groups is 2. The molecule has 1 atom stereocenters. The van der Waals surface area contributed by atoms with Gasteiger partial charge in [-0.05, 0) is 45.4 Å². The van der Waals surface area contributed by atoms with Crippen molar-refractivity contribution in [2.45, 2.75) is 39.4 Å². The smallest absolute Gasteiger partial charge is 0.0765 e. The average Bonchev–Trinajstić information content (AvgIpc) is 2.25. The van der Waals surface area contributed by atoms with Crippen molar-refractivity contribution in [2.24, 2.45) is 0 Å². The minimum absolute atomic E-state index is 0.437. The molecule has 0 aliphatic rings. The Balaban J connectivity index is 2.82. The predicted molar refractivity (Wildman–Crippen MR) is 71.3 cm³/mol. The number of rotatable bonds is 5. The predicted octanol–water partition coefficient (Wildman–Crippen LogP) is 2.34. The lowest BCUT2D eigenvalue weighted by molar-refractivity contribution is 0.0876. The lowest BCUT2D eigenvalue weighted by Crippen LogP contribution is -2.38. The number of hydrogen-bond acceptors (Lipinski definition) is 3. The van der Waals surface area contributed by atoms with Crippen LogP contribution in [-0.2, 0) is 0 Å². The van der Waals surface area contributed by atoms with Crippen LogP contribution < -0.4 is 4.90 Å². The molecule has 3 nitrogen and oxygen atoms in total. The second kappa shape index (κ2) is 5.52. The van der Waals surface area contributed by atoms with Gasteiger partial charge in [-0.15, -0.1) is 0 Å². The van der Waals surface area contributed by atoms with Crippen LogP contribution in [0.1, 0.15) is 39.4 Å². The molecule has 0 amide bonds. The van der Waals surface area contributed by atoms with Crippen molar-refractivity contribution in [2.75, 3.05) is 18.0 Å². The summed E-state index contributed by atoms with van der Waals surface area (Å²) in [5.74, 6) is 0. The summed E-state index contributed by atoms with van der Waals surface area (Å²) in [7, 11) is 0. The topological polar surface area (TPSA) is 43.7 Å². The van der Waals surface area contributed by atoms with E-state index < -0.39 is 11.7 Å². The molecule has 1 rings (SSSR count). The highest BCUT2D eigenvalue weighted by atomic mass is 16.3. The summed E-state index contributed by atoms with van der Waals surface area (Å²) in [6.07, 6.45) is -0.437. The molecule has 96 valence electrons. The van der Waals surface area contributed by atoms with Gasteiger partial charge in [0.05, 0.1) is 11.7 Å². The highest BCUT2D eigenvalue weighted by Gasteiger charge is 2.17. The summed E-state index contributed by atoms with van der Waals surface area (Å²) < 4.78 is 0. The highest BCUT2D eigenvalue weighted by Crippen LogP contribution is 2.20. The molecular formula is C14H23NO2. The van der Waals surface area contributed by atoms with Crippen LogP contribution in [0.3, 0.4) is 0 Å². The van der Waals surface area contributed by atoms with Crippen molar-refractivity contribution in [3.05, 3.63) is 29.8 Å². The minimum atomic E-state index is -0.709. The Morgan fingerprint density at radius 2 is 1.76 bits per heavy atom. The van der Waals surface area contributed by atoms with Gasteiger partial charge in [-0.25, -0.2) is 0 Å². The molecule has 3 heteroatoms. The molecule has 2 N–H and O–H groups in total. The normalized spacial score (nSPS) is 13.5. The van der Waals surface area contributed by atoms with Crippen LogP contribution in [0.2, 0.25) is 0 Å².